The molecular weight excluding hydrogens is 380 g/mol. The Hall–Kier alpha value is -1.36. The third-order valence-corrected chi connectivity index (χ3v) is 10.3. The lowest BCUT2D eigenvalue weighted by Crippen LogP contribution is -2.50. The van der Waals surface area contributed by atoms with Crippen LogP contribution in [-0.4, -0.2) is 30.9 Å². The summed E-state index contributed by atoms with van der Waals surface area (Å²) >= 11 is 0. The first-order valence-electron chi connectivity index (χ1n) is 12.3. The van der Waals surface area contributed by atoms with Crippen molar-refractivity contribution in [2.24, 2.45) is 65.1 Å². The van der Waals surface area contributed by atoms with E-state index >= 15 is 0 Å². The monoisotopic (exact) mass is 412 g/mol. The molecule has 6 fully saturated rings. The summed E-state index contributed by atoms with van der Waals surface area (Å²) < 4.78 is 17.4. The molecule has 6 aliphatic carbocycles. The molecular formula is C25H32O5. The second kappa shape index (κ2) is 6.34. The number of hydrogen-bond donors (Lipinski definition) is 0. The van der Waals surface area contributed by atoms with Crippen molar-refractivity contribution in [1.82, 2.24) is 0 Å². The van der Waals surface area contributed by atoms with E-state index in [0.29, 0.717) is 30.3 Å². The number of allylic oxidation sites excluding steroid dienone is 2. The lowest BCUT2D eigenvalue weighted by atomic mass is 9.59. The van der Waals surface area contributed by atoms with Gasteiger partial charge in [-0.1, -0.05) is 12.2 Å². The second-order valence-corrected chi connectivity index (χ2v) is 11.2. The Morgan fingerprint density at radius 1 is 0.833 bits per heavy atom. The van der Waals surface area contributed by atoms with Gasteiger partial charge in [-0.15, -0.1) is 0 Å². The van der Waals surface area contributed by atoms with Gasteiger partial charge in [0.05, 0.1) is 12.5 Å². The minimum Gasteiger partial charge on any atom is -0.461 e. The van der Waals surface area contributed by atoms with E-state index in [1.807, 2.05) is 0 Å². The number of carbonyl (C=O) groups excluding carboxylic acids is 2. The van der Waals surface area contributed by atoms with Crippen LogP contribution in [0.25, 0.3) is 0 Å². The molecule has 0 radical (unpaired) electrons. The van der Waals surface area contributed by atoms with Gasteiger partial charge in [-0.25, -0.2) is 0 Å². The fourth-order valence-electron chi connectivity index (χ4n) is 9.89. The Morgan fingerprint density at radius 2 is 1.53 bits per heavy atom. The maximum absolute atomic E-state index is 13.3. The summed E-state index contributed by atoms with van der Waals surface area (Å²) in [7, 11) is 0. The van der Waals surface area contributed by atoms with Gasteiger partial charge in [0.25, 0.3) is 0 Å². The van der Waals surface area contributed by atoms with Crippen LogP contribution >= 0.6 is 0 Å². The Kier molecular flexibility index (Phi) is 3.85. The fraction of sp³-hybridized carbons (Fsp3) is 0.840. The zero-order valence-corrected chi connectivity index (χ0v) is 17.7. The SMILES string of the molecule is CC(=O)OC1C2CC(C1C(=O)OC1CCCCO1)C1C3CC(C4C5C=CC(C5)C34)C21. The first kappa shape index (κ1) is 18.2. The van der Waals surface area contributed by atoms with Gasteiger partial charge in [0, 0.05) is 19.3 Å². The molecule has 0 amide bonds. The normalized spacial score (nSPS) is 56.2. The van der Waals surface area contributed by atoms with Crippen LogP contribution in [0.15, 0.2) is 12.2 Å². The van der Waals surface area contributed by atoms with Crippen LogP contribution in [0.5, 0.6) is 0 Å². The summed E-state index contributed by atoms with van der Waals surface area (Å²) in [5.74, 6) is 6.00. The molecule has 0 spiro atoms. The lowest BCUT2D eigenvalue weighted by molar-refractivity contribution is -0.201. The Morgan fingerprint density at radius 3 is 2.20 bits per heavy atom. The molecule has 1 saturated heterocycles. The van der Waals surface area contributed by atoms with Gasteiger partial charge < -0.3 is 14.2 Å². The van der Waals surface area contributed by atoms with E-state index in [-0.39, 0.29) is 24.0 Å². The van der Waals surface area contributed by atoms with E-state index in [2.05, 4.69) is 12.2 Å². The van der Waals surface area contributed by atoms with E-state index in [1.165, 1.54) is 19.8 Å². The van der Waals surface area contributed by atoms with Gasteiger partial charge in [0.2, 0.25) is 6.29 Å². The van der Waals surface area contributed by atoms with Crippen LogP contribution in [0.1, 0.15) is 45.4 Å². The van der Waals surface area contributed by atoms with Crippen LogP contribution in [0.2, 0.25) is 0 Å². The van der Waals surface area contributed by atoms with Crippen LogP contribution in [0.4, 0.5) is 0 Å². The lowest BCUT2D eigenvalue weighted by Gasteiger charge is -2.47. The van der Waals surface area contributed by atoms with E-state index < -0.39 is 6.29 Å². The first-order chi connectivity index (χ1) is 14.6. The van der Waals surface area contributed by atoms with E-state index in [4.69, 9.17) is 14.2 Å². The molecule has 5 saturated carbocycles. The van der Waals surface area contributed by atoms with E-state index in [0.717, 1.165) is 61.2 Å². The zero-order chi connectivity index (χ0) is 20.1. The minimum atomic E-state index is -0.417. The molecule has 0 aromatic rings. The molecule has 0 aromatic carbocycles. The Labute approximate surface area is 177 Å². The number of hydrogen-bond acceptors (Lipinski definition) is 5. The summed E-state index contributed by atoms with van der Waals surface area (Å²) in [6, 6.07) is 0. The predicted octanol–water partition coefficient (Wildman–Crippen LogP) is 3.57. The smallest absolute Gasteiger partial charge is 0.315 e. The quantitative estimate of drug-likeness (QED) is 0.403. The summed E-state index contributed by atoms with van der Waals surface area (Å²) in [5.41, 5.74) is 0. The van der Waals surface area contributed by atoms with Gasteiger partial charge in [-0.3, -0.25) is 9.59 Å². The van der Waals surface area contributed by atoms with E-state index in [1.54, 1.807) is 0 Å². The Balaban J connectivity index is 1.18. The molecule has 7 rings (SSSR count). The van der Waals surface area contributed by atoms with Gasteiger partial charge >= 0.3 is 11.9 Å². The van der Waals surface area contributed by atoms with Crippen molar-refractivity contribution in [3.05, 3.63) is 12.2 Å². The number of rotatable bonds is 3. The van der Waals surface area contributed by atoms with Crippen LogP contribution in [0.3, 0.4) is 0 Å². The number of carbonyl (C=O) groups is 2. The summed E-state index contributed by atoms with van der Waals surface area (Å²) in [6.07, 6.45) is 10.8. The molecule has 13 unspecified atom stereocenters. The van der Waals surface area contributed by atoms with Crippen LogP contribution < -0.4 is 0 Å². The largest absolute Gasteiger partial charge is 0.461 e. The molecule has 0 N–H and O–H groups in total. The molecule has 0 aromatic heterocycles. The van der Waals surface area contributed by atoms with Gasteiger partial charge in [0.1, 0.15) is 6.10 Å². The van der Waals surface area contributed by atoms with Crippen molar-refractivity contribution < 1.29 is 23.8 Å². The third-order valence-electron chi connectivity index (χ3n) is 10.3. The predicted molar refractivity (Wildman–Crippen MR) is 107 cm³/mol. The van der Waals surface area contributed by atoms with Crippen molar-refractivity contribution in [3.8, 4) is 0 Å². The molecule has 162 valence electrons. The molecule has 30 heavy (non-hydrogen) atoms. The van der Waals surface area contributed by atoms with E-state index in [9.17, 15) is 9.59 Å². The van der Waals surface area contributed by atoms with Crippen molar-refractivity contribution >= 4 is 11.9 Å². The summed E-state index contributed by atoms with van der Waals surface area (Å²) in [4.78, 5) is 25.3. The minimum absolute atomic E-state index is 0.175. The molecule has 13 atom stereocenters. The molecule has 1 aliphatic heterocycles. The second-order valence-electron chi connectivity index (χ2n) is 11.2. The summed E-state index contributed by atoms with van der Waals surface area (Å²) in [5, 5.41) is 0. The Bertz CT molecular complexity index is 799. The topological polar surface area (TPSA) is 61.8 Å². The third kappa shape index (κ3) is 2.28. The van der Waals surface area contributed by atoms with Gasteiger partial charge in [-0.05, 0) is 85.4 Å². The van der Waals surface area contributed by atoms with Crippen molar-refractivity contribution in [2.45, 2.75) is 57.8 Å². The maximum Gasteiger partial charge on any atom is 0.315 e. The highest BCUT2D eigenvalue weighted by molar-refractivity contribution is 5.76. The maximum atomic E-state index is 13.3. The zero-order valence-electron chi connectivity index (χ0n) is 17.7. The standard InChI is InChI=1S/C25H32O5/c1-11(26)29-24-17-10-16(23(24)25(27)30-18-4-2-3-7-28-18)21-14-9-15(22(17)21)20-13-6-5-12(8-13)19(14)20/h5-6,12-24H,2-4,7-10H2,1H3. The van der Waals surface area contributed by atoms with Gasteiger partial charge in [0.15, 0.2) is 0 Å². The van der Waals surface area contributed by atoms with Crippen molar-refractivity contribution in [3.63, 3.8) is 0 Å². The fourth-order valence-corrected chi connectivity index (χ4v) is 9.89. The van der Waals surface area contributed by atoms with Crippen molar-refractivity contribution in [2.75, 3.05) is 6.61 Å². The highest BCUT2D eigenvalue weighted by atomic mass is 16.7. The molecule has 5 nitrogen and oxygen atoms in total. The highest BCUT2D eigenvalue weighted by Crippen LogP contribution is 2.76. The molecule has 5 heteroatoms. The summed E-state index contributed by atoms with van der Waals surface area (Å²) in [6.45, 7) is 2.14. The highest BCUT2D eigenvalue weighted by Gasteiger charge is 2.74. The number of ether oxygens (including phenoxy) is 3. The van der Waals surface area contributed by atoms with Gasteiger partial charge in [-0.2, -0.15) is 0 Å². The molecule has 6 bridgehead atoms. The number of fused-ring (bicyclic) bond motifs is 16. The van der Waals surface area contributed by atoms with Crippen molar-refractivity contribution in [1.29, 1.82) is 0 Å². The van der Waals surface area contributed by atoms with Crippen LogP contribution in [-0.2, 0) is 23.8 Å². The average molecular weight is 413 g/mol. The molecule has 1 heterocycles. The van der Waals surface area contributed by atoms with Crippen LogP contribution in [0, 0.1) is 65.1 Å². The molecule has 7 aliphatic rings. The first-order valence-corrected chi connectivity index (χ1v) is 12.3. The number of esters is 2. The average Bonchev–Trinajstić information content (AvgIpc) is 3.53.